The second-order valence-electron chi connectivity index (χ2n) is 10.3. The summed E-state index contributed by atoms with van der Waals surface area (Å²) in [5.41, 5.74) is -6.08. The zero-order valence-corrected chi connectivity index (χ0v) is 25.5. The quantitative estimate of drug-likeness (QED) is 0.181. The first kappa shape index (κ1) is 12.2. The summed E-state index contributed by atoms with van der Waals surface area (Å²) in [6, 6.07) is -25.2. The van der Waals surface area contributed by atoms with Gasteiger partial charge in [-0.3, -0.25) is 0 Å². The molecular weight excluding hydrogens is 629 g/mol. The first-order valence-corrected chi connectivity index (χ1v) is 15.2. The minimum Gasteiger partial charge on any atom is -0.309 e. The standard InChI is InChI=1S/C45H28N4S/c1-2-15-29(16-3-1)30-17-4-5-21-35(30)43-46-44(48-45(47-43)37-24-14-23-34-33-20-9-13-28-41(33)50-42(34)37)36-22-8-12-27-40(36)49-38-25-10-6-18-31(38)32-19-7-11-26-39(32)49/h1-28H/i1D,2D,3D,4D,5D,6D,7D,8D,9D,10D,11D,12D,13D,14D,15D,16D,17D,18D,19D,20D,21D,22D,23D,24D,25D,26D,27D,28D. The van der Waals surface area contributed by atoms with Crippen molar-refractivity contribution in [2.45, 2.75) is 0 Å². The molecule has 0 unspecified atom stereocenters. The highest BCUT2D eigenvalue weighted by molar-refractivity contribution is 7.26. The number of aromatic nitrogens is 4. The van der Waals surface area contributed by atoms with Gasteiger partial charge in [-0.2, -0.15) is 0 Å². The van der Waals surface area contributed by atoms with Gasteiger partial charge in [-0.05, 0) is 47.4 Å². The van der Waals surface area contributed by atoms with Crippen molar-refractivity contribution in [2.24, 2.45) is 0 Å². The van der Waals surface area contributed by atoms with Crippen LogP contribution in [-0.4, -0.2) is 19.5 Å². The molecule has 10 aromatic rings. The summed E-state index contributed by atoms with van der Waals surface area (Å²) >= 11 is 0.596. The third kappa shape index (κ3) is 4.55. The molecule has 10 rings (SSSR count). The van der Waals surface area contributed by atoms with E-state index in [4.69, 9.17) is 28.8 Å². The van der Waals surface area contributed by atoms with Crippen LogP contribution in [0.5, 0.6) is 0 Å². The Kier molecular flexibility index (Phi) is 2.83. The molecule has 0 atom stereocenters. The highest BCUT2D eigenvalue weighted by atomic mass is 32.1. The third-order valence-corrected chi connectivity index (χ3v) is 8.73. The molecule has 7 aromatic carbocycles. The summed E-state index contributed by atoms with van der Waals surface area (Å²) < 4.78 is 249. The molecule has 50 heavy (non-hydrogen) atoms. The molecule has 4 nitrogen and oxygen atoms in total. The molecule has 0 saturated heterocycles. The van der Waals surface area contributed by atoms with Gasteiger partial charge in [0.1, 0.15) is 0 Å². The zero-order chi connectivity index (χ0) is 57.4. The number of hydrogen-bond donors (Lipinski definition) is 0. The normalized spacial score (nSPS) is 19.4. The maximum atomic E-state index is 9.56. The third-order valence-electron chi connectivity index (χ3n) is 7.60. The average molecular weight is 685 g/mol. The van der Waals surface area contributed by atoms with Gasteiger partial charge in [0.15, 0.2) is 17.5 Å². The van der Waals surface area contributed by atoms with Gasteiger partial charge < -0.3 is 4.57 Å². The predicted molar refractivity (Wildman–Crippen MR) is 209 cm³/mol. The molecule has 0 aliphatic carbocycles. The number of nitrogens with zero attached hydrogens (tertiary/aromatic N) is 4. The largest absolute Gasteiger partial charge is 0.309 e. The van der Waals surface area contributed by atoms with Crippen molar-refractivity contribution in [2.75, 3.05) is 0 Å². The fraction of sp³-hybridized carbons (Fsp3) is 0. The van der Waals surface area contributed by atoms with E-state index in [1.807, 2.05) is 0 Å². The first-order valence-electron chi connectivity index (χ1n) is 28.4. The second-order valence-corrected chi connectivity index (χ2v) is 11.3. The Morgan fingerprint density at radius 2 is 0.900 bits per heavy atom. The molecule has 234 valence electrons. The summed E-state index contributed by atoms with van der Waals surface area (Å²) in [5, 5.41) is -1.64. The summed E-state index contributed by atoms with van der Waals surface area (Å²) in [6.45, 7) is 0. The van der Waals surface area contributed by atoms with E-state index in [1.54, 1.807) is 0 Å². The zero-order valence-electron chi connectivity index (χ0n) is 52.7. The van der Waals surface area contributed by atoms with Crippen LogP contribution in [0.15, 0.2) is 169 Å². The van der Waals surface area contributed by atoms with Crippen molar-refractivity contribution in [1.29, 1.82) is 0 Å². The minimum absolute atomic E-state index is 0.175. The molecule has 3 aromatic heterocycles. The van der Waals surface area contributed by atoms with Crippen molar-refractivity contribution in [1.82, 2.24) is 19.5 Å². The van der Waals surface area contributed by atoms with Crippen molar-refractivity contribution >= 4 is 53.3 Å². The van der Waals surface area contributed by atoms with Gasteiger partial charge in [0.25, 0.3) is 0 Å². The Labute approximate surface area is 332 Å². The molecule has 5 heteroatoms. The lowest BCUT2D eigenvalue weighted by molar-refractivity contribution is 1.07. The molecular formula is C45H28N4S. The maximum absolute atomic E-state index is 9.56. The van der Waals surface area contributed by atoms with Crippen LogP contribution >= 0.6 is 11.3 Å². The van der Waals surface area contributed by atoms with E-state index < -0.39 is 242 Å². The summed E-state index contributed by atoms with van der Waals surface area (Å²) in [7, 11) is 0. The van der Waals surface area contributed by atoms with Crippen LogP contribution in [0.4, 0.5) is 0 Å². The van der Waals surface area contributed by atoms with Gasteiger partial charge in [-0.25, -0.2) is 15.0 Å². The number of thiophene rings is 1. The van der Waals surface area contributed by atoms with E-state index in [-0.39, 0.29) is 20.2 Å². The monoisotopic (exact) mass is 684 g/mol. The lowest BCUT2D eigenvalue weighted by Gasteiger charge is -2.15. The average Bonchev–Trinajstić information content (AvgIpc) is 4.18. The molecule has 0 saturated carbocycles. The summed E-state index contributed by atoms with van der Waals surface area (Å²) in [4.78, 5) is 13.7. The Morgan fingerprint density at radius 3 is 1.64 bits per heavy atom. The van der Waals surface area contributed by atoms with Crippen molar-refractivity contribution in [3.8, 4) is 51.0 Å². The van der Waals surface area contributed by atoms with Crippen LogP contribution in [0.1, 0.15) is 38.4 Å². The highest BCUT2D eigenvalue weighted by Crippen LogP contribution is 2.41. The van der Waals surface area contributed by atoms with Crippen LogP contribution in [-0.2, 0) is 0 Å². The fourth-order valence-electron chi connectivity index (χ4n) is 5.52. The topological polar surface area (TPSA) is 43.6 Å². The SMILES string of the molecule is [2H]c1c([2H])c([2H])c(-c2c([2H])c([2H])c([2H])c([2H])c2-c2nc(-c3c([2H])c([2H])c([2H])c([2H])c3-n3c4c([2H])c([2H])c([2H])c([2H])c4c4c([2H])c([2H])c([2H])c([2H])c43)nc(-c3c([2H])c([2H])c([2H])c4c3sc3c([2H])c([2H])c([2H])c([2H])c34)n2)c([2H])c1[2H]. The second kappa shape index (κ2) is 11.6. The Hall–Kier alpha value is -6.43. The van der Waals surface area contributed by atoms with E-state index in [0.717, 1.165) is 4.57 Å². The molecule has 0 amide bonds. The van der Waals surface area contributed by atoms with Gasteiger partial charge in [0.2, 0.25) is 0 Å². The van der Waals surface area contributed by atoms with Crippen LogP contribution in [0, 0.1) is 0 Å². The molecule has 0 aliphatic heterocycles. The molecule has 0 bridgehead atoms. The summed E-state index contributed by atoms with van der Waals surface area (Å²) in [5.74, 6) is -2.75. The molecule has 0 N–H and O–H groups in total. The van der Waals surface area contributed by atoms with E-state index in [0.29, 0.717) is 11.3 Å². The maximum Gasteiger partial charge on any atom is 0.166 e. The van der Waals surface area contributed by atoms with E-state index in [1.165, 1.54) is 0 Å². The van der Waals surface area contributed by atoms with Gasteiger partial charge in [-0.15, -0.1) is 11.3 Å². The minimum atomic E-state index is -1.07. The van der Waals surface area contributed by atoms with E-state index in [9.17, 15) is 9.60 Å². The molecule has 0 spiro atoms. The lowest BCUT2D eigenvalue weighted by Crippen LogP contribution is -2.04. The van der Waals surface area contributed by atoms with E-state index in [2.05, 4.69) is 15.0 Å². The Morgan fingerprint density at radius 1 is 0.400 bits per heavy atom. The molecule has 3 heterocycles. The summed E-state index contributed by atoms with van der Waals surface area (Å²) in [6.07, 6.45) is 0. The Balaban J connectivity index is 1.50. The van der Waals surface area contributed by atoms with Crippen LogP contribution < -0.4 is 0 Å². The lowest BCUT2D eigenvalue weighted by atomic mass is 9.99. The number of benzene rings is 7. The van der Waals surface area contributed by atoms with Crippen molar-refractivity contribution in [3.05, 3.63) is 169 Å². The number of hydrogen-bond acceptors (Lipinski definition) is 4. The molecule has 0 radical (unpaired) electrons. The van der Waals surface area contributed by atoms with Gasteiger partial charge in [-0.1, -0.05) is 133 Å². The van der Waals surface area contributed by atoms with Crippen molar-refractivity contribution < 1.29 is 38.4 Å². The van der Waals surface area contributed by atoms with Crippen LogP contribution in [0.3, 0.4) is 0 Å². The fourth-order valence-corrected chi connectivity index (χ4v) is 6.58. The molecule has 0 fully saturated rings. The van der Waals surface area contributed by atoms with Gasteiger partial charge >= 0.3 is 0 Å². The number of fused-ring (bicyclic) bond motifs is 6. The number of rotatable bonds is 5. The van der Waals surface area contributed by atoms with Crippen LogP contribution in [0.2, 0.25) is 0 Å². The smallest absolute Gasteiger partial charge is 0.166 e. The van der Waals surface area contributed by atoms with E-state index >= 15 is 0 Å². The van der Waals surface area contributed by atoms with Crippen LogP contribution in [0.25, 0.3) is 93.0 Å². The Bertz CT molecular complexity index is 4390. The number of para-hydroxylation sites is 3. The molecule has 0 aliphatic rings. The van der Waals surface area contributed by atoms with Gasteiger partial charge in [0, 0.05) is 47.6 Å². The van der Waals surface area contributed by atoms with Crippen molar-refractivity contribution in [3.63, 3.8) is 0 Å². The van der Waals surface area contributed by atoms with Gasteiger partial charge in [0.05, 0.1) is 55.1 Å². The first-order chi connectivity index (χ1) is 36.4. The highest BCUT2D eigenvalue weighted by Gasteiger charge is 2.21. The predicted octanol–water partition coefficient (Wildman–Crippen LogP) is 12.0.